The summed E-state index contributed by atoms with van der Waals surface area (Å²) in [6, 6.07) is 17.2. The number of guanidine groups is 1. The molecular formula is C22H27N5O2S. The van der Waals surface area contributed by atoms with Crippen molar-refractivity contribution in [2.45, 2.75) is 17.7 Å². The van der Waals surface area contributed by atoms with E-state index >= 15 is 0 Å². The second kappa shape index (κ2) is 10.1. The third-order valence-corrected chi connectivity index (χ3v) is 5.82. The van der Waals surface area contributed by atoms with Crippen LogP contribution in [0.5, 0.6) is 0 Å². The lowest BCUT2D eigenvalue weighted by Crippen LogP contribution is -2.39. The van der Waals surface area contributed by atoms with Gasteiger partial charge in [0.15, 0.2) is 15.8 Å². The molecule has 30 heavy (non-hydrogen) atoms. The van der Waals surface area contributed by atoms with Gasteiger partial charge in [0.1, 0.15) is 0 Å². The Balaban J connectivity index is 1.40. The zero-order valence-corrected chi connectivity index (χ0v) is 18.1. The lowest BCUT2D eigenvalue weighted by atomic mass is 10.1. The third-order valence-electron chi connectivity index (χ3n) is 4.69. The summed E-state index contributed by atoms with van der Waals surface area (Å²) in [5.41, 5.74) is 3.35. The molecule has 0 unspecified atom stereocenters. The molecule has 3 rings (SSSR count). The van der Waals surface area contributed by atoms with Crippen molar-refractivity contribution in [2.75, 3.05) is 26.4 Å². The van der Waals surface area contributed by atoms with E-state index in [1.54, 1.807) is 25.4 Å². The second-order valence-corrected chi connectivity index (χ2v) is 8.97. The van der Waals surface area contributed by atoms with Crippen molar-refractivity contribution in [3.8, 4) is 5.69 Å². The molecule has 158 valence electrons. The van der Waals surface area contributed by atoms with Gasteiger partial charge in [-0.25, -0.2) is 13.1 Å². The first-order valence-electron chi connectivity index (χ1n) is 9.78. The number of hydrogen-bond acceptors (Lipinski definition) is 4. The first-order chi connectivity index (χ1) is 14.5. The van der Waals surface area contributed by atoms with Crippen molar-refractivity contribution in [1.29, 1.82) is 0 Å². The molecule has 0 aliphatic rings. The van der Waals surface area contributed by atoms with Crippen molar-refractivity contribution in [1.82, 2.24) is 20.4 Å². The Kier molecular flexibility index (Phi) is 7.24. The SMILES string of the molecule is CN=C(NCCc1ccc(-n2cccn2)cc1)NCCc1ccc(S(C)(=O)=O)cc1. The Morgan fingerprint density at radius 2 is 1.53 bits per heavy atom. The van der Waals surface area contributed by atoms with Gasteiger partial charge in [0.25, 0.3) is 0 Å². The highest BCUT2D eigenvalue weighted by atomic mass is 32.2. The van der Waals surface area contributed by atoms with Crippen molar-refractivity contribution < 1.29 is 8.42 Å². The quantitative estimate of drug-likeness (QED) is 0.427. The van der Waals surface area contributed by atoms with E-state index in [0.717, 1.165) is 36.6 Å². The molecule has 7 nitrogen and oxygen atoms in total. The zero-order chi connectivity index (χ0) is 21.4. The van der Waals surface area contributed by atoms with E-state index in [1.165, 1.54) is 11.8 Å². The molecule has 3 aromatic rings. The first kappa shape index (κ1) is 21.6. The number of nitrogens with zero attached hydrogens (tertiary/aromatic N) is 3. The van der Waals surface area contributed by atoms with Gasteiger partial charge in [-0.05, 0) is 54.3 Å². The highest BCUT2D eigenvalue weighted by molar-refractivity contribution is 7.90. The number of rotatable bonds is 8. The minimum absolute atomic E-state index is 0.342. The summed E-state index contributed by atoms with van der Waals surface area (Å²) < 4.78 is 24.9. The standard InChI is InChI=1S/C22H27N5O2S/c1-23-22(25-16-13-19-6-10-21(11-7-19)30(2,28)29)24-15-12-18-4-8-20(9-5-18)27-17-3-14-26-27/h3-11,14,17H,12-13,15-16H2,1-2H3,(H2,23,24,25). The van der Waals surface area contributed by atoms with E-state index < -0.39 is 9.84 Å². The van der Waals surface area contributed by atoms with Gasteiger partial charge >= 0.3 is 0 Å². The van der Waals surface area contributed by atoms with Crippen LogP contribution in [0, 0.1) is 0 Å². The number of hydrogen-bond donors (Lipinski definition) is 2. The molecule has 0 aliphatic heterocycles. The average molecular weight is 426 g/mol. The summed E-state index contributed by atoms with van der Waals surface area (Å²) >= 11 is 0. The largest absolute Gasteiger partial charge is 0.356 e. The number of benzene rings is 2. The van der Waals surface area contributed by atoms with E-state index in [-0.39, 0.29) is 0 Å². The number of aromatic nitrogens is 2. The topological polar surface area (TPSA) is 88.4 Å². The minimum atomic E-state index is -3.15. The molecule has 2 aromatic carbocycles. The zero-order valence-electron chi connectivity index (χ0n) is 17.2. The average Bonchev–Trinajstić information content (AvgIpc) is 3.28. The van der Waals surface area contributed by atoms with Gasteiger partial charge in [-0.15, -0.1) is 0 Å². The van der Waals surface area contributed by atoms with Crippen molar-refractivity contribution in [3.05, 3.63) is 78.1 Å². The molecule has 0 bridgehead atoms. The number of sulfone groups is 1. The summed E-state index contributed by atoms with van der Waals surface area (Å²) in [4.78, 5) is 4.59. The Morgan fingerprint density at radius 3 is 2.00 bits per heavy atom. The van der Waals surface area contributed by atoms with Crippen LogP contribution in [0.2, 0.25) is 0 Å². The van der Waals surface area contributed by atoms with Crippen LogP contribution in [0.25, 0.3) is 5.69 Å². The fraction of sp³-hybridized carbons (Fsp3) is 0.273. The Morgan fingerprint density at radius 1 is 0.967 bits per heavy atom. The fourth-order valence-electron chi connectivity index (χ4n) is 3.01. The smallest absolute Gasteiger partial charge is 0.190 e. The molecule has 0 saturated heterocycles. The molecule has 0 spiro atoms. The van der Waals surface area contributed by atoms with Gasteiger partial charge in [0.2, 0.25) is 0 Å². The minimum Gasteiger partial charge on any atom is -0.356 e. The maximum Gasteiger partial charge on any atom is 0.190 e. The normalized spacial score (nSPS) is 12.0. The predicted octanol–water partition coefficient (Wildman–Crippen LogP) is 2.23. The van der Waals surface area contributed by atoms with Crippen LogP contribution in [0.3, 0.4) is 0 Å². The van der Waals surface area contributed by atoms with E-state index in [2.05, 4.69) is 45.0 Å². The maximum absolute atomic E-state index is 11.5. The van der Waals surface area contributed by atoms with Crippen LogP contribution in [-0.2, 0) is 22.7 Å². The lowest BCUT2D eigenvalue weighted by Gasteiger charge is -2.12. The van der Waals surface area contributed by atoms with Crippen LogP contribution in [0.4, 0.5) is 0 Å². The second-order valence-electron chi connectivity index (χ2n) is 6.96. The van der Waals surface area contributed by atoms with Gasteiger partial charge in [0, 0.05) is 38.8 Å². The van der Waals surface area contributed by atoms with Gasteiger partial charge in [-0.1, -0.05) is 24.3 Å². The summed E-state index contributed by atoms with van der Waals surface area (Å²) in [5.74, 6) is 0.746. The molecule has 2 N–H and O–H groups in total. The van der Waals surface area contributed by atoms with E-state index in [0.29, 0.717) is 11.4 Å². The third kappa shape index (κ3) is 6.18. The fourth-order valence-corrected chi connectivity index (χ4v) is 3.64. The van der Waals surface area contributed by atoms with Gasteiger partial charge in [-0.3, -0.25) is 4.99 Å². The summed E-state index contributed by atoms with van der Waals surface area (Å²) in [7, 11) is -1.41. The predicted molar refractivity (Wildman–Crippen MR) is 120 cm³/mol. The van der Waals surface area contributed by atoms with Crippen molar-refractivity contribution in [2.24, 2.45) is 4.99 Å². The molecule has 0 atom stereocenters. The van der Waals surface area contributed by atoms with E-state index in [4.69, 9.17) is 0 Å². The van der Waals surface area contributed by atoms with Crippen molar-refractivity contribution in [3.63, 3.8) is 0 Å². The molecule has 1 aromatic heterocycles. The van der Waals surface area contributed by atoms with Crippen LogP contribution >= 0.6 is 0 Å². The summed E-state index contributed by atoms with van der Waals surface area (Å²) in [6.45, 7) is 1.47. The maximum atomic E-state index is 11.5. The molecule has 0 aliphatic carbocycles. The highest BCUT2D eigenvalue weighted by Gasteiger charge is 2.06. The molecule has 0 saturated carbocycles. The molecule has 0 amide bonds. The molecule has 0 fully saturated rings. The van der Waals surface area contributed by atoms with Crippen LogP contribution in [0.15, 0.2) is 76.9 Å². The summed E-state index contributed by atoms with van der Waals surface area (Å²) in [5, 5.41) is 10.8. The molecule has 8 heteroatoms. The van der Waals surface area contributed by atoms with Crippen LogP contribution in [-0.4, -0.2) is 50.6 Å². The molecular weight excluding hydrogens is 398 g/mol. The van der Waals surface area contributed by atoms with Gasteiger partial charge in [-0.2, -0.15) is 5.10 Å². The van der Waals surface area contributed by atoms with Crippen LogP contribution in [0.1, 0.15) is 11.1 Å². The number of nitrogens with one attached hydrogen (secondary N) is 2. The first-order valence-corrected chi connectivity index (χ1v) is 11.7. The van der Waals surface area contributed by atoms with Crippen molar-refractivity contribution >= 4 is 15.8 Å². The summed E-state index contributed by atoms with van der Waals surface area (Å²) in [6.07, 6.45) is 6.56. The van der Waals surface area contributed by atoms with Gasteiger partial charge in [0.05, 0.1) is 10.6 Å². The molecule has 1 heterocycles. The lowest BCUT2D eigenvalue weighted by molar-refractivity contribution is 0.602. The Hall–Kier alpha value is -3.13. The Labute approximate surface area is 177 Å². The van der Waals surface area contributed by atoms with E-state index in [1.807, 2.05) is 29.1 Å². The Bertz CT molecular complexity index is 1060. The van der Waals surface area contributed by atoms with Crippen LogP contribution < -0.4 is 10.6 Å². The highest BCUT2D eigenvalue weighted by Crippen LogP contribution is 2.11. The monoisotopic (exact) mass is 425 g/mol. The van der Waals surface area contributed by atoms with E-state index in [9.17, 15) is 8.42 Å². The molecule has 0 radical (unpaired) electrons. The van der Waals surface area contributed by atoms with Gasteiger partial charge < -0.3 is 10.6 Å². The number of aliphatic imine (C=N–C) groups is 1.